The van der Waals surface area contributed by atoms with Crippen LogP contribution in [0, 0.1) is 0 Å². The highest BCUT2D eigenvalue weighted by molar-refractivity contribution is 7.86. The van der Waals surface area contributed by atoms with E-state index >= 15 is 0 Å². The molecule has 0 aliphatic carbocycles. The molecule has 20 heavy (non-hydrogen) atoms. The van der Waals surface area contributed by atoms with E-state index in [1.807, 2.05) is 0 Å². The number of carboxylic acid groups (broad SMARTS) is 1. The second kappa shape index (κ2) is 7.20. The number of pyridine rings is 1. The molecule has 0 fully saturated rings. The van der Waals surface area contributed by atoms with Crippen molar-refractivity contribution in [1.82, 2.24) is 4.98 Å². The lowest BCUT2D eigenvalue weighted by Gasteiger charge is -2.19. The van der Waals surface area contributed by atoms with Crippen molar-refractivity contribution in [3.8, 4) is 0 Å². The fraction of sp³-hybridized carbons (Fsp3) is 0.400. The summed E-state index contributed by atoms with van der Waals surface area (Å²) < 4.78 is 63.0. The number of aromatic nitrogens is 1. The Balaban J connectivity index is 0.000000796. The lowest BCUT2D eigenvalue weighted by molar-refractivity contribution is -0.196. The van der Waals surface area contributed by atoms with E-state index < -0.39 is 28.4 Å². The van der Waals surface area contributed by atoms with E-state index in [0.717, 1.165) is 19.2 Å². The summed E-state index contributed by atoms with van der Waals surface area (Å²) >= 11 is 0. The Labute approximate surface area is 113 Å². The smallest absolute Gasteiger partial charge is 0.420 e. The van der Waals surface area contributed by atoms with Crippen LogP contribution >= 0.6 is 0 Å². The molecular weight excluding hydrogens is 303 g/mol. The van der Waals surface area contributed by atoms with Gasteiger partial charge in [-0.05, 0) is 6.07 Å². The molecule has 0 spiro atoms. The highest BCUT2D eigenvalue weighted by atomic mass is 32.2. The largest absolute Gasteiger partial charge is 0.481 e. The van der Waals surface area contributed by atoms with Crippen LogP contribution < -0.4 is 0 Å². The van der Waals surface area contributed by atoms with E-state index in [0.29, 0.717) is 6.26 Å². The predicted molar refractivity (Wildman–Crippen MR) is 62.3 cm³/mol. The first-order valence-corrected chi connectivity index (χ1v) is 6.79. The highest BCUT2D eigenvalue weighted by Crippen LogP contribution is 2.36. The topological polar surface area (TPSA) is 93.6 Å². The van der Waals surface area contributed by atoms with Crippen molar-refractivity contribution in [3.63, 3.8) is 0 Å². The first kappa shape index (κ1) is 18.3. The number of aliphatic carboxylic acids is 1. The Morgan fingerprint density at radius 1 is 1.45 bits per heavy atom. The number of rotatable bonds is 3. The fourth-order valence-corrected chi connectivity index (χ4v) is 1.57. The van der Waals surface area contributed by atoms with Crippen LogP contribution in [0.2, 0.25) is 0 Å². The van der Waals surface area contributed by atoms with Crippen LogP contribution in [0.15, 0.2) is 24.5 Å². The van der Waals surface area contributed by atoms with E-state index in [9.17, 15) is 21.6 Å². The molecule has 0 aliphatic rings. The lowest BCUT2D eigenvalue weighted by Crippen LogP contribution is -2.26. The molecule has 0 saturated carbocycles. The van der Waals surface area contributed by atoms with Crippen molar-refractivity contribution in [2.45, 2.75) is 19.2 Å². The molecule has 0 aromatic carbocycles. The van der Waals surface area contributed by atoms with Crippen LogP contribution in [0.5, 0.6) is 0 Å². The van der Waals surface area contributed by atoms with Gasteiger partial charge in [-0.25, -0.2) is 0 Å². The highest BCUT2D eigenvalue weighted by Gasteiger charge is 2.44. The van der Waals surface area contributed by atoms with Crippen LogP contribution in [0.4, 0.5) is 13.2 Å². The Morgan fingerprint density at radius 3 is 2.25 bits per heavy atom. The van der Waals surface area contributed by atoms with Crippen LogP contribution in [-0.4, -0.2) is 36.9 Å². The molecule has 0 aliphatic heterocycles. The van der Waals surface area contributed by atoms with Gasteiger partial charge in [0.25, 0.3) is 16.1 Å². The monoisotopic (exact) mass is 315 g/mol. The molecule has 10 heteroatoms. The maximum Gasteiger partial charge on any atom is 0.420 e. The van der Waals surface area contributed by atoms with Gasteiger partial charge in [0.15, 0.2) is 6.10 Å². The predicted octanol–water partition coefficient (Wildman–Crippen LogP) is 1.75. The third-order valence-electron chi connectivity index (χ3n) is 1.56. The Morgan fingerprint density at radius 2 is 1.95 bits per heavy atom. The van der Waals surface area contributed by atoms with Gasteiger partial charge in [0, 0.05) is 24.9 Å². The van der Waals surface area contributed by atoms with Gasteiger partial charge in [0.2, 0.25) is 0 Å². The molecule has 0 radical (unpaired) electrons. The summed E-state index contributed by atoms with van der Waals surface area (Å²) in [4.78, 5) is 12.5. The number of hydrogen-bond donors (Lipinski definition) is 1. The number of nitrogens with zero attached hydrogens (tertiary/aromatic N) is 1. The zero-order valence-electron chi connectivity index (χ0n) is 10.5. The average molecular weight is 315 g/mol. The van der Waals surface area contributed by atoms with Gasteiger partial charge in [0.1, 0.15) is 0 Å². The minimum absolute atomic E-state index is 0.361. The zero-order valence-corrected chi connectivity index (χ0v) is 11.3. The maximum absolute atomic E-state index is 12.5. The minimum atomic E-state index is -4.81. The van der Waals surface area contributed by atoms with Gasteiger partial charge in [0.05, 0.1) is 6.26 Å². The summed E-state index contributed by atoms with van der Waals surface area (Å²) in [5.41, 5.74) is -0.361. The van der Waals surface area contributed by atoms with Crippen LogP contribution in [0.1, 0.15) is 18.6 Å². The summed E-state index contributed by atoms with van der Waals surface area (Å²) in [7, 11) is -4.20. The Hall–Kier alpha value is -1.68. The van der Waals surface area contributed by atoms with Crippen molar-refractivity contribution < 1.29 is 35.7 Å². The fourth-order valence-electron chi connectivity index (χ4n) is 1.00. The van der Waals surface area contributed by atoms with Gasteiger partial charge in [-0.2, -0.15) is 21.6 Å². The number of carboxylic acids is 1. The van der Waals surface area contributed by atoms with Gasteiger partial charge < -0.3 is 5.11 Å². The SMILES string of the molecule is CC(=O)O.CS(=O)(=O)OC(c1cccnc1)C(F)(F)F. The van der Waals surface area contributed by atoms with Gasteiger partial charge in [-0.1, -0.05) is 6.07 Å². The summed E-state index contributed by atoms with van der Waals surface area (Å²) in [6.45, 7) is 1.08. The molecule has 1 aromatic heterocycles. The third kappa shape index (κ3) is 8.43. The first-order chi connectivity index (χ1) is 8.93. The van der Waals surface area contributed by atoms with Crippen LogP contribution in [0.3, 0.4) is 0 Å². The molecule has 1 rings (SSSR count). The van der Waals surface area contributed by atoms with Crippen molar-refractivity contribution in [1.29, 1.82) is 0 Å². The molecule has 0 amide bonds. The van der Waals surface area contributed by atoms with E-state index in [1.54, 1.807) is 0 Å². The summed E-state index contributed by atoms with van der Waals surface area (Å²) in [6, 6.07) is 2.36. The zero-order chi connectivity index (χ0) is 16.0. The molecule has 1 N–H and O–H groups in total. The van der Waals surface area contributed by atoms with Crippen LogP contribution in [-0.2, 0) is 19.1 Å². The number of halogens is 3. The molecule has 114 valence electrons. The molecule has 0 bridgehead atoms. The Bertz CT molecular complexity index is 526. The van der Waals surface area contributed by atoms with E-state index in [1.165, 1.54) is 12.3 Å². The summed E-state index contributed by atoms with van der Waals surface area (Å²) in [5, 5.41) is 7.42. The minimum Gasteiger partial charge on any atom is -0.481 e. The Kier molecular flexibility index (Phi) is 6.59. The van der Waals surface area contributed by atoms with Crippen molar-refractivity contribution in [2.24, 2.45) is 0 Å². The molecule has 0 saturated heterocycles. The van der Waals surface area contributed by atoms with E-state index in [2.05, 4.69) is 9.17 Å². The molecule has 6 nitrogen and oxygen atoms in total. The number of alkyl halides is 3. The molecular formula is C10H12F3NO5S. The lowest BCUT2D eigenvalue weighted by atomic mass is 10.1. The molecule has 1 unspecified atom stereocenters. The van der Waals surface area contributed by atoms with Crippen molar-refractivity contribution in [3.05, 3.63) is 30.1 Å². The van der Waals surface area contributed by atoms with E-state index in [-0.39, 0.29) is 5.56 Å². The maximum atomic E-state index is 12.5. The van der Waals surface area contributed by atoms with Crippen molar-refractivity contribution >= 4 is 16.1 Å². The molecule has 1 atom stereocenters. The molecule has 1 heterocycles. The van der Waals surface area contributed by atoms with Gasteiger partial charge in [-0.3, -0.25) is 14.0 Å². The third-order valence-corrected chi connectivity index (χ3v) is 2.10. The second-order valence-electron chi connectivity index (χ2n) is 3.53. The van der Waals surface area contributed by atoms with E-state index in [4.69, 9.17) is 9.90 Å². The standard InChI is InChI=1S/C8H8F3NO3S.C2H4O2/c1-16(13,14)15-7(8(9,10)11)6-3-2-4-12-5-6;1-2(3)4/h2-5,7H,1H3;1H3,(H,3,4). The average Bonchev–Trinajstić information content (AvgIpc) is 2.24. The molecule has 1 aromatic rings. The van der Waals surface area contributed by atoms with Crippen molar-refractivity contribution in [2.75, 3.05) is 6.26 Å². The summed E-state index contributed by atoms with van der Waals surface area (Å²) in [5.74, 6) is -0.833. The van der Waals surface area contributed by atoms with Gasteiger partial charge >= 0.3 is 6.18 Å². The summed E-state index contributed by atoms with van der Waals surface area (Å²) in [6.07, 6.45) is -4.59. The normalized spacial score (nSPS) is 13.1. The first-order valence-electron chi connectivity index (χ1n) is 4.98. The van der Waals surface area contributed by atoms with Gasteiger partial charge in [-0.15, -0.1) is 0 Å². The second-order valence-corrected chi connectivity index (χ2v) is 5.13. The van der Waals surface area contributed by atoms with Crippen LogP contribution in [0.25, 0.3) is 0 Å². The quantitative estimate of drug-likeness (QED) is 0.854. The number of carbonyl (C=O) groups is 1. The number of hydrogen-bond acceptors (Lipinski definition) is 5.